The Morgan fingerprint density at radius 1 is 1.26 bits per heavy atom. The van der Waals surface area contributed by atoms with Crippen LogP contribution in [0.4, 0.5) is 10.1 Å². The first kappa shape index (κ1) is 14.3. The molecule has 0 amide bonds. The van der Waals surface area contributed by atoms with Crippen molar-refractivity contribution in [3.63, 3.8) is 0 Å². The summed E-state index contributed by atoms with van der Waals surface area (Å²) in [4.78, 5) is 0. The summed E-state index contributed by atoms with van der Waals surface area (Å²) in [5, 5.41) is 3.18. The van der Waals surface area contributed by atoms with Gasteiger partial charge in [0.15, 0.2) is 0 Å². The molecule has 0 bridgehead atoms. The summed E-state index contributed by atoms with van der Waals surface area (Å²) < 4.78 is 18.9. The number of halogens is 1. The molecule has 0 aliphatic heterocycles. The fourth-order valence-electron chi connectivity index (χ4n) is 2.67. The summed E-state index contributed by atoms with van der Waals surface area (Å²) in [6.45, 7) is 6.05. The Hall–Kier alpha value is -1.09. The molecule has 0 aromatic heterocycles. The van der Waals surface area contributed by atoms with Crippen LogP contribution in [0.1, 0.15) is 33.1 Å². The highest BCUT2D eigenvalue weighted by Crippen LogP contribution is 2.30. The van der Waals surface area contributed by atoms with Crippen LogP contribution in [0.3, 0.4) is 0 Å². The van der Waals surface area contributed by atoms with E-state index < -0.39 is 0 Å². The fraction of sp³-hybridized carbons (Fsp3) is 0.625. The van der Waals surface area contributed by atoms with Crippen molar-refractivity contribution in [2.75, 3.05) is 18.5 Å². The van der Waals surface area contributed by atoms with Crippen LogP contribution >= 0.6 is 0 Å². The monoisotopic (exact) mass is 265 g/mol. The molecule has 106 valence electrons. The van der Waals surface area contributed by atoms with E-state index in [1.807, 2.05) is 6.07 Å². The molecule has 1 aromatic carbocycles. The van der Waals surface area contributed by atoms with E-state index in [-0.39, 0.29) is 5.82 Å². The van der Waals surface area contributed by atoms with Crippen molar-refractivity contribution in [2.45, 2.75) is 39.2 Å². The van der Waals surface area contributed by atoms with Gasteiger partial charge in [0.2, 0.25) is 0 Å². The third-order valence-electron chi connectivity index (χ3n) is 4.16. The number of ether oxygens (including phenoxy) is 1. The average Bonchev–Trinajstić information content (AvgIpc) is 2.39. The number of nitrogens with one attached hydrogen (secondary N) is 1. The molecule has 1 saturated carbocycles. The van der Waals surface area contributed by atoms with E-state index in [0.29, 0.717) is 12.7 Å². The SMILES string of the molecule is CC1CCC(OCCNc2cccc(F)c2)CC1C. The Kier molecular flexibility index (Phi) is 5.20. The first-order valence-electron chi connectivity index (χ1n) is 7.26. The second-order valence-corrected chi connectivity index (χ2v) is 5.70. The van der Waals surface area contributed by atoms with Crippen LogP contribution in [-0.4, -0.2) is 19.3 Å². The van der Waals surface area contributed by atoms with E-state index in [1.54, 1.807) is 6.07 Å². The summed E-state index contributed by atoms with van der Waals surface area (Å²) in [6.07, 6.45) is 4.01. The molecule has 3 atom stereocenters. The summed E-state index contributed by atoms with van der Waals surface area (Å²) in [6, 6.07) is 6.53. The highest BCUT2D eigenvalue weighted by atomic mass is 19.1. The molecule has 1 aliphatic carbocycles. The molecule has 0 radical (unpaired) electrons. The van der Waals surface area contributed by atoms with E-state index >= 15 is 0 Å². The molecule has 0 heterocycles. The van der Waals surface area contributed by atoms with Gasteiger partial charge in [-0.3, -0.25) is 0 Å². The van der Waals surface area contributed by atoms with Crippen molar-refractivity contribution < 1.29 is 9.13 Å². The molecule has 1 N–H and O–H groups in total. The Morgan fingerprint density at radius 3 is 2.84 bits per heavy atom. The zero-order valence-corrected chi connectivity index (χ0v) is 11.9. The van der Waals surface area contributed by atoms with Crippen LogP contribution in [0.15, 0.2) is 24.3 Å². The van der Waals surface area contributed by atoms with Gasteiger partial charge >= 0.3 is 0 Å². The maximum absolute atomic E-state index is 13.0. The predicted molar refractivity (Wildman–Crippen MR) is 76.8 cm³/mol. The number of hydrogen-bond acceptors (Lipinski definition) is 2. The lowest BCUT2D eigenvalue weighted by atomic mass is 9.80. The minimum atomic E-state index is -0.207. The van der Waals surface area contributed by atoms with Gasteiger partial charge in [0.05, 0.1) is 12.7 Å². The first-order chi connectivity index (χ1) is 9.15. The normalized spacial score (nSPS) is 27.2. The highest BCUT2D eigenvalue weighted by molar-refractivity contribution is 5.42. The maximum atomic E-state index is 13.0. The van der Waals surface area contributed by atoms with Gasteiger partial charge in [-0.1, -0.05) is 19.9 Å². The van der Waals surface area contributed by atoms with Crippen molar-refractivity contribution >= 4 is 5.69 Å². The van der Waals surface area contributed by atoms with Gasteiger partial charge in [-0.25, -0.2) is 4.39 Å². The van der Waals surface area contributed by atoms with E-state index in [0.717, 1.165) is 24.1 Å². The van der Waals surface area contributed by atoms with Gasteiger partial charge in [-0.15, -0.1) is 0 Å². The largest absolute Gasteiger partial charge is 0.383 e. The van der Waals surface area contributed by atoms with Gasteiger partial charge < -0.3 is 10.1 Å². The molecule has 3 unspecified atom stereocenters. The number of hydrogen-bond donors (Lipinski definition) is 1. The Balaban J connectivity index is 1.64. The lowest BCUT2D eigenvalue weighted by Crippen LogP contribution is -2.28. The predicted octanol–water partition coefficient (Wildman–Crippen LogP) is 4.08. The Bertz CT molecular complexity index is 396. The molecular formula is C16H24FNO. The van der Waals surface area contributed by atoms with Crippen LogP contribution in [0.2, 0.25) is 0 Å². The maximum Gasteiger partial charge on any atom is 0.125 e. The van der Waals surface area contributed by atoms with Crippen LogP contribution in [-0.2, 0) is 4.74 Å². The lowest BCUT2D eigenvalue weighted by molar-refractivity contribution is 0.00778. The molecule has 1 aromatic rings. The van der Waals surface area contributed by atoms with Gasteiger partial charge in [0.1, 0.15) is 5.82 Å². The second kappa shape index (κ2) is 6.90. The third kappa shape index (κ3) is 4.50. The van der Waals surface area contributed by atoms with Gasteiger partial charge in [0, 0.05) is 12.2 Å². The highest BCUT2D eigenvalue weighted by Gasteiger charge is 2.24. The minimum absolute atomic E-state index is 0.207. The quantitative estimate of drug-likeness (QED) is 0.810. The van der Waals surface area contributed by atoms with Gasteiger partial charge in [0.25, 0.3) is 0 Å². The second-order valence-electron chi connectivity index (χ2n) is 5.70. The molecule has 3 heteroatoms. The summed E-state index contributed by atoms with van der Waals surface area (Å²) in [5.41, 5.74) is 0.814. The smallest absolute Gasteiger partial charge is 0.125 e. The fourth-order valence-corrected chi connectivity index (χ4v) is 2.67. The topological polar surface area (TPSA) is 21.3 Å². The number of benzene rings is 1. The molecule has 2 nitrogen and oxygen atoms in total. The van der Waals surface area contributed by atoms with Crippen molar-refractivity contribution in [1.82, 2.24) is 0 Å². The van der Waals surface area contributed by atoms with E-state index in [4.69, 9.17) is 4.74 Å². The Morgan fingerprint density at radius 2 is 2.11 bits per heavy atom. The molecule has 2 rings (SSSR count). The zero-order valence-electron chi connectivity index (χ0n) is 11.9. The van der Waals surface area contributed by atoms with Gasteiger partial charge in [-0.2, -0.15) is 0 Å². The van der Waals surface area contributed by atoms with Crippen LogP contribution in [0, 0.1) is 17.7 Å². The van der Waals surface area contributed by atoms with Gasteiger partial charge in [-0.05, 0) is 49.3 Å². The molecule has 1 fully saturated rings. The summed E-state index contributed by atoms with van der Waals surface area (Å²) in [7, 11) is 0. The lowest BCUT2D eigenvalue weighted by Gasteiger charge is -2.32. The van der Waals surface area contributed by atoms with E-state index in [2.05, 4.69) is 19.2 Å². The van der Waals surface area contributed by atoms with Crippen molar-refractivity contribution in [2.24, 2.45) is 11.8 Å². The Labute approximate surface area is 115 Å². The zero-order chi connectivity index (χ0) is 13.7. The molecule has 19 heavy (non-hydrogen) atoms. The van der Waals surface area contributed by atoms with Crippen LogP contribution in [0.5, 0.6) is 0 Å². The standard InChI is InChI=1S/C16H24FNO/c1-12-6-7-16(10-13(12)2)19-9-8-18-15-5-3-4-14(17)11-15/h3-5,11-13,16,18H,6-10H2,1-2H3. The number of rotatable bonds is 5. The van der Waals surface area contributed by atoms with Crippen molar-refractivity contribution in [1.29, 1.82) is 0 Å². The van der Waals surface area contributed by atoms with E-state index in [1.165, 1.54) is 31.4 Å². The third-order valence-corrected chi connectivity index (χ3v) is 4.16. The molecular weight excluding hydrogens is 241 g/mol. The number of anilines is 1. The molecule has 1 aliphatic rings. The molecule has 0 spiro atoms. The summed E-state index contributed by atoms with van der Waals surface area (Å²) in [5.74, 6) is 1.38. The van der Waals surface area contributed by atoms with Crippen molar-refractivity contribution in [3.05, 3.63) is 30.1 Å². The average molecular weight is 265 g/mol. The van der Waals surface area contributed by atoms with E-state index in [9.17, 15) is 4.39 Å². The molecule has 0 saturated heterocycles. The van der Waals surface area contributed by atoms with Crippen LogP contribution < -0.4 is 5.32 Å². The minimum Gasteiger partial charge on any atom is -0.383 e. The summed E-state index contributed by atoms with van der Waals surface area (Å²) >= 11 is 0. The first-order valence-corrected chi connectivity index (χ1v) is 7.26. The van der Waals surface area contributed by atoms with Crippen molar-refractivity contribution in [3.8, 4) is 0 Å². The van der Waals surface area contributed by atoms with Crippen LogP contribution in [0.25, 0.3) is 0 Å².